The fraction of sp³-hybridized carbons (Fsp3) is 0.392. The number of hydrogen-bond acceptors (Lipinski definition) is 27. The number of ether oxygens (including phenoxy) is 9. The Kier molecular flexibility index (Phi) is 25.7. The number of aliphatic hydroxyl groups excluding tert-OH is 2. The second-order valence-electron chi connectivity index (χ2n) is 26.7. The molecule has 0 bridgehead atoms. The van der Waals surface area contributed by atoms with Crippen molar-refractivity contribution in [2.24, 2.45) is 5.90 Å². The Balaban J connectivity index is 0.000000159. The summed E-state index contributed by atoms with van der Waals surface area (Å²) in [4.78, 5) is 46.8. The highest BCUT2D eigenvalue weighted by Crippen LogP contribution is 2.53. The van der Waals surface area contributed by atoms with Crippen LogP contribution in [0.1, 0.15) is 82.0 Å². The van der Waals surface area contributed by atoms with E-state index in [0.717, 1.165) is 43.4 Å². The maximum absolute atomic E-state index is 11.1. The van der Waals surface area contributed by atoms with Crippen LogP contribution in [-0.4, -0.2) is 185 Å². The summed E-state index contributed by atoms with van der Waals surface area (Å²) in [5.74, 6) is 5.49. The summed E-state index contributed by atoms with van der Waals surface area (Å²) in [5, 5.41) is 50.7. The lowest BCUT2D eigenvalue weighted by Gasteiger charge is -2.29. The average molecular weight is 1600 g/mol. The molecule has 5 aliphatic heterocycles. The Morgan fingerprint density at radius 3 is 1.48 bits per heavy atom. The third-order valence-electron chi connectivity index (χ3n) is 18.7. The normalized spacial score (nSPS) is 25.2. The zero-order valence-corrected chi connectivity index (χ0v) is 63.2. The SMILES string of the molecule is C.C.CC1(C)O[C@H]2[C@H](n3ccc4c(Cl)ncnc43)O[C@H](CO)[C@@]2(C)O1.CC1(C)O[C@H]2[C@H](n3ccc4c(Cl)ncnc43)O[C@H](COc3ccc4ccc(Cl)nc4c3)[C@@]2(C)O1.CNc1ncnc2c1ccn2[C@@H]1O[C@H](COc2ccc3ccc(NOC)nc3c2)[C@@](C)(O)[C@H]1O.CON.Cl.Oc1ccc2ccc(Cl)nc2c1. The van der Waals surface area contributed by atoms with E-state index in [1.807, 2.05) is 136 Å². The number of aliphatic hydroxyl groups is 3. The van der Waals surface area contributed by atoms with Crippen LogP contribution in [0.4, 0.5) is 11.6 Å². The second kappa shape index (κ2) is 33.7. The Morgan fingerprint density at radius 1 is 0.541 bits per heavy atom. The van der Waals surface area contributed by atoms with E-state index in [9.17, 15) is 15.3 Å². The van der Waals surface area contributed by atoms with E-state index < -0.39 is 77.6 Å². The number of anilines is 2. The van der Waals surface area contributed by atoms with Gasteiger partial charge in [0.1, 0.15) is 152 Å². The van der Waals surface area contributed by atoms with Crippen LogP contribution >= 0.6 is 58.8 Å². The predicted octanol–water partition coefficient (Wildman–Crippen LogP) is 12.9. The van der Waals surface area contributed by atoms with Gasteiger partial charge in [-0.1, -0.05) is 61.3 Å². The molecule has 35 heteroatoms. The molecule has 12 atom stereocenters. The molecule has 0 aliphatic carbocycles. The first-order valence-corrected chi connectivity index (χ1v) is 34.9. The number of pyridine rings is 3. The third kappa shape index (κ3) is 16.8. The van der Waals surface area contributed by atoms with Gasteiger partial charge in [0.25, 0.3) is 0 Å². The highest BCUT2D eigenvalue weighted by atomic mass is 35.5. The number of aromatic nitrogens is 12. The zero-order valence-electron chi connectivity index (χ0n) is 59.3. The standard InChI is InChI=1S/C24H22Cl2N4O4.C23H26N6O5.C15H18ClN3O4.C9H6ClNO.CH5NO.2CH4.ClH/c1-23(2)33-19-22(30-9-8-15-20(26)27-12-28-21(15)30)32-17(24(19,3)34-23)11-31-14-6-4-13-5-7-18(25)29-16(13)10-14;1-23(31)17(11-33-14-6-4-13-5-7-18(28-32-3)27-16(13)10-14)34-22(19(23)30)29-9-8-15-20(24-2)25-12-26-21(15)29;1-14(2)22-10-13(21-9(6-20)15(10,3)23-14)19-5-4-8-11(16)17-7-18-12(8)19;10-9-4-2-6-1-3-7(12)5-8(6)11-9;1-3-2;;;/h4-10,12,17,19,22H,11H2,1-3H3;4-10,12,17,19,22,30-31H,11H2,1-3H3,(H,27,28)(H,24,25,26);4-5,7,9-10,13,20H,6H2,1-3H3;1-5,12H;2H2,1H3;2*1H4;1H/t17-,19+,22-,24-;17-,19+,22-,23-;9-,10+,13-,15-;;;;;/m111...../s1. The van der Waals surface area contributed by atoms with Gasteiger partial charge in [0.05, 0.1) is 53.5 Å². The lowest BCUT2D eigenvalue weighted by molar-refractivity contribution is -0.214. The van der Waals surface area contributed by atoms with E-state index in [1.165, 1.54) is 40.1 Å². The van der Waals surface area contributed by atoms with Crippen LogP contribution in [0.2, 0.25) is 20.6 Å². The zero-order chi connectivity index (χ0) is 75.2. The average Bonchev–Trinajstić information content (AvgIpc) is 1.56. The molecule has 3 aromatic carbocycles. The highest BCUT2D eigenvalue weighted by Gasteiger charge is 2.66. The lowest BCUT2D eigenvalue weighted by Crippen LogP contribution is -2.47. The van der Waals surface area contributed by atoms with Gasteiger partial charge in [-0.15, -0.1) is 12.4 Å². The van der Waals surface area contributed by atoms with Crippen LogP contribution in [0.25, 0.3) is 65.8 Å². The van der Waals surface area contributed by atoms with Crippen molar-refractivity contribution in [1.29, 1.82) is 0 Å². The minimum atomic E-state index is -1.55. The Hall–Kier alpha value is -8.32. The number of phenolic OH excluding ortho intramolecular Hbond substituents is 1. The third-order valence-corrected chi connectivity index (χ3v) is 19.7. The van der Waals surface area contributed by atoms with Crippen LogP contribution < -0.4 is 26.2 Å². The molecular weight excluding hydrogens is 1520 g/mol. The van der Waals surface area contributed by atoms with Gasteiger partial charge in [0.2, 0.25) is 0 Å². The molecule has 12 aromatic rings. The van der Waals surface area contributed by atoms with Crippen LogP contribution in [0.5, 0.6) is 17.2 Å². The van der Waals surface area contributed by atoms with Gasteiger partial charge in [-0.2, -0.15) is 0 Å². The number of benzene rings is 3. The first-order chi connectivity index (χ1) is 50.7. The molecule has 14 heterocycles. The number of hydrogen-bond donors (Lipinski definition) is 7. The van der Waals surface area contributed by atoms with Gasteiger partial charge >= 0.3 is 0 Å². The Morgan fingerprint density at radius 2 is 0.963 bits per heavy atom. The van der Waals surface area contributed by atoms with Gasteiger partial charge in [-0.25, -0.2) is 56.2 Å². The summed E-state index contributed by atoms with van der Waals surface area (Å²) >= 11 is 24.1. The first-order valence-electron chi connectivity index (χ1n) is 33.4. The minimum absolute atomic E-state index is 0. The maximum atomic E-state index is 11.1. The fourth-order valence-electron chi connectivity index (χ4n) is 13.7. The molecule has 582 valence electrons. The molecule has 5 fully saturated rings. The molecule has 0 radical (unpaired) electrons. The largest absolute Gasteiger partial charge is 0.508 e. The number of nitrogens with one attached hydrogen (secondary N) is 2. The minimum Gasteiger partial charge on any atom is -0.508 e. The van der Waals surface area contributed by atoms with Crippen molar-refractivity contribution in [2.75, 3.05) is 51.9 Å². The number of halogens is 5. The van der Waals surface area contributed by atoms with Gasteiger partial charge in [-0.3, -0.25) is 4.84 Å². The van der Waals surface area contributed by atoms with Gasteiger partial charge in [0.15, 0.2) is 30.3 Å². The van der Waals surface area contributed by atoms with Crippen molar-refractivity contribution in [2.45, 2.75) is 147 Å². The summed E-state index contributed by atoms with van der Waals surface area (Å²) in [6.45, 7) is 13.1. The molecule has 8 N–H and O–H groups in total. The van der Waals surface area contributed by atoms with Crippen LogP contribution in [0, 0.1) is 0 Å². The molecule has 109 heavy (non-hydrogen) atoms. The van der Waals surface area contributed by atoms with Crippen molar-refractivity contribution < 1.29 is 72.7 Å². The number of nitrogens with zero attached hydrogens (tertiary/aromatic N) is 12. The molecule has 0 amide bonds. The van der Waals surface area contributed by atoms with Crippen LogP contribution in [-0.2, 0) is 42.8 Å². The smallest absolute Gasteiger partial charge is 0.165 e. The van der Waals surface area contributed by atoms with E-state index in [0.29, 0.717) is 66.2 Å². The predicted molar refractivity (Wildman–Crippen MR) is 415 cm³/mol. The monoisotopic (exact) mass is 1600 g/mol. The molecular formula is C74H86Cl5N15O15. The molecule has 9 aromatic heterocycles. The summed E-state index contributed by atoms with van der Waals surface area (Å²) < 4.78 is 61.0. The summed E-state index contributed by atoms with van der Waals surface area (Å²) in [6, 6.07) is 32.8. The van der Waals surface area contributed by atoms with Crippen molar-refractivity contribution in [3.05, 3.63) is 167 Å². The molecule has 0 unspecified atom stereocenters. The molecule has 0 saturated carbocycles. The number of rotatable bonds is 13. The number of nitrogens with two attached hydrogens (primary N) is 1. The summed E-state index contributed by atoms with van der Waals surface area (Å²) in [5.41, 5.74) is 3.76. The fourth-order valence-corrected chi connectivity index (χ4v) is 14.4. The van der Waals surface area contributed by atoms with E-state index in [1.54, 1.807) is 54.2 Å². The number of fused-ring (bicyclic) bond motifs is 8. The molecule has 5 aliphatic rings. The molecule has 30 nitrogen and oxygen atoms in total. The summed E-state index contributed by atoms with van der Waals surface area (Å²) in [6.07, 6.45) is 4.29. The summed E-state index contributed by atoms with van der Waals surface area (Å²) in [7, 11) is 4.69. The van der Waals surface area contributed by atoms with E-state index >= 15 is 0 Å². The Labute approximate surface area is 653 Å². The number of phenols is 1. The topological polar surface area (TPSA) is 363 Å². The maximum Gasteiger partial charge on any atom is 0.165 e. The van der Waals surface area contributed by atoms with Crippen molar-refractivity contribution in [3.63, 3.8) is 0 Å². The van der Waals surface area contributed by atoms with Gasteiger partial charge in [-0.05, 0) is 139 Å². The highest BCUT2D eigenvalue weighted by molar-refractivity contribution is 6.34. The second-order valence-corrected chi connectivity index (χ2v) is 28.2. The lowest BCUT2D eigenvalue weighted by atomic mass is 9.95. The Bertz CT molecular complexity index is 5130. The number of aromatic hydroxyl groups is 1. The molecule has 0 spiro atoms. The van der Waals surface area contributed by atoms with E-state index in [4.69, 9.17) is 99.0 Å². The van der Waals surface area contributed by atoms with E-state index in [2.05, 4.69) is 66.4 Å². The van der Waals surface area contributed by atoms with Crippen LogP contribution in [0.3, 0.4) is 0 Å². The van der Waals surface area contributed by atoms with Crippen molar-refractivity contribution in [1.82, 2.24) is 58.6 Å². The quantitative estimate of drug-likeness (QED) is 0.0320. The van der Waals surface area contributed by atoms with Gasteiger partial charge in [0, 0.05) is 60.0 Å². The van der Waals surface area contributed by atoms with Crippen molar-refractivity contribution in [3.8, 4) is 17.2 Å². The molecule has 17 rings (SSSR count). The van der Waals surface area contributed by atoms with Gasteiger partial charge < -0.3 is 86.9 Å². The van der Waals surface area contributed by atoms with Crippen molar-refractivity contribution >= 4 is 136 Å². The first kappa shape index (κ1) is 83.2. The van der Waals surface area contributed by atoms with Crippen LogP contribution in [0.15, 0.2) is 147 Å². The molecule has 5 saturated heterocycles. The van der Waals surface area contributed by atoms with E-state index in [-0.39, 0.29) is 58.9 Å².